The molecular formula is C20H19F3N2O2. The lowest BCUT2D eigenvalue weighted by molar-refractivity contribution is -0.141. The number of rotatable bonds is 4. The normalized spacial score (nSPS) is 16.1. The van der Waals surface area contributed by atoms with E-state index < -0.39 is 23.7 Å². The van der Waals surface area contributed by atoms with Crippen LogP contribution in [0.4, 0.5) is 18.9 Å². The number of amides is 2. The summed E-state index contributed by atoms with van der Waals surface area (Å²) < 4.78 is 38.7. The van der Waals surface area contributed by atoms with E-state index in [4.69, 9.17) is 0 Å². The zero-order valence-electron chi connectivity index (χ0n) is 14.5. The highest BCUT2D eigenvalue weighted by atomic mass is 19.4. The third-order valence-electron chi connectivity index (χ3n) is 4.49. The zero-order valence-corrected chi connectivity index (χ0v) is 14.5. The van der Waals surface area contributed by atoms with Gasteiger partial charge in [-0.05, 0) is 36.6 Å². The van der Waals surface area contributed by atoms with Crippen molar-refractivity contribution in [2.75, 3.05) is 11.9 Å². The van der Waals surface area contributed by atoms with Gasteiger partial charge in [0.1, 0.15) is 6.04 Å². The number of carbonyl (C=O) groups excluding carboxylic acids is 2. The third-order valence-corrected chi connectivity index (χ3v) is 4.49. The first-order valence-corrected chi connectivity index (χ1v) is 8.69. The fourth-order valence-electron chi connectivity index (χ4n) is 3.19. The minimum absolute atomic E-state index is 0.0419. The first-order valence-electron chi connectivity index (χ1n) is 8.69. The molecule has 4 nitrogen and oxygen atoms in total. The Morgan fingerprint density at radius 3 is 2.44 bits per heavy atom. The van der Waals surface area contributed by atoms with E-state index in [0.717, 1.165) is 25.0 Å². The van der Waals surface area contributed by atoms with Gasteiger partial charge in [0.15, 0.2) is 0 Å². The summed E-state index contributed by atoms with van der Waals surface area (Å²) in [7, 11) is 0. The molecule has 142 valence electrons. The van der Waals surface area contributed by atoms with Crippen LogP contribution in [0.15, 0.2) is 54.6 Å². The first kappa shape index (κ1) is 18.9. The number of alkyl halides is 3. The highest BCUT2D eigenvalue weighted by molar-refractivity contribution is 5.98. The Labute approximate surface area is 155 Å². The topological polar surface area (TPSA) is 49.4 Å². The number of benzene rings is 2. The lowest BCUT2D eigenvalue weighted by Crippen LogP contribution is -2.43. The summed E-state index contributed by atoms with van der Waals surface area (Å²) in [5, 5.41) is 2.54. The van der Waals surface area contributed by atoms with Crippen molar-refractivity contribution in [3.63, 3.8) is 0 Å². The van der Waals surface area contributed by atoms with Crippen LogP contribution in [0.2, 0.25) is 0 Å². The minimum atomic E-state index is -4.50. The molecule has 1 aliphatic heterocycles. The van der Waals surface area contributed by atoms with Crippen LogP contribution >= 0.6 is 0 Å². The van der Waals surface area contributed by atoms with Gasteiger partial charge in [0, 0.05) is 18.7 Å². The van der Waals surface area contributed by atoms with E-state index in [2.05, 4.69) is 5.32 Å². The van der Waals surface area contributed by atoms with E-state index in [0.29, 0.717) is 18.5 Å². The Balaban J connectivity index is 1.89. The molecule has 0 radical (unpaired) electrons. The van der Waals surface area contributed by atoms with Gasteiger partial charge in [0.2, 0.25) is 5.91 Å². The summed E-state index contributed by atoms with van der Waals surface area (Å²) >= 11 is 0. The molecule has 7 heteroatoms. The van der Waals surface area contributed by atoms with Gasteiger partial charge < -0.3 is 10.2 Å². The second kappa shape index (κ2) is 7.82. The van der Waals surface area contributed by atoms with Gasteiger partial charge in [-0.25, -0.2) is 0 Å². The maximum Gasteiger partial charge on any atom is 0.416 e. The molecule has 27 heavy (non-hydrogen) atoms. The average Bonchev–Trinajstić information content (AvgIpc) is 2.64. The summed E-state index contributed by atoms with van der Waals surface area (Å²) in [5.41, 5.74) is -0.178. The standard InChI is InChI=1S/C20H19F3N2O2/c21-20(22,23)15-9-6-10-16(13-15)24-19(27)18(14-7-2-1-3-8-14)25-12-5-4-11-17(25)26/h1-3,6-10,13,18H,4-5,11-12H2,(H,24,27). The second-order valence-corrected chi connectivity index (χ2v) is 6.43. The van der Waals surface area contributed by atoms with Crippen LogP contribution in [-0.2, 0) is 15.8 Å². The van der Waals surface area contributed by atoms with Crippen molar-refractivity contribution in [2.45, 2.75) is 31.5 Å². The van der Waals surface area contributed by atoms with Gasteiger partial charge in [0.05, 0.1) is 5.56 Å². The van der Waals surface area contributed by atoms with E-state index >= 15 is 0 Å². The SMILES string of the molecule is O=C(Nc1cccc(C(F)(F)F)c1)C(c1ccccc1)N1CCCCC1=O. The predicted molar refractivity (Wildman–Crippen MR) is 94.8 cm³/mol. The van der Waals surface area contributed by atoms with Crippen LogP contribution in [0, 0.1) is 0 Å². The molecule has 1 fully saturated rings. The number of halogens is 3. The van der Waals surface area contributed by atoms with Gasteiger partial charge in [-0.15, -0.1) is 0 Å². The molecule has 3 rings (SSSR count). The van der Waals surface area contributed by atoms with E-state index in [1.54, 1.807) is 30.3 Å². The molecule has 0 aromatic heterocycles. The van der Waals surface area contributed by atoms with Crippen LogP contribution in [0.1, 0.15) is 36.4 Å². The molecule has 0 aliphatic carbocycles. The number of nitrogens with zero attached hydrogens (tertiary/aromatic N) is 1. The van der Waals surface area contributed by atoms with Crippen LogP contribution in [0.25, 0.3) is 0 Å². The fraction of sp³-hybridized carbons (Fsp3) is 0.300. The number of nitrogens with one attached hydrogen (secondary N) is 1. The Hall–Kier alpha value is -2.83. The van der Waals surface area contributed by atoms with Crippen LogP contribution in [-0.4, -0.2) is 23.3 Å². The van der Waals surface area contributed by atoms with E-state index in [1.807, 2.05) is 0 Å². The Kier molecular flexibility index (Phi) is 5.48. The van der Waals surface area contributed by atoms with Crippen molar-refractivity contribution >= 4 is 17.5 Å². The van der Waals surface area contributed by atoms with Crippen LogP contribution in [0.3, 0.4) is 0 Å². The first-order chi connectivity index (χ1) is 12.9. The molecule has 1 N–H and O–H groups in total. The largest absolute Gasteiger partial charge is 0.416 e. The van der Waals surface area contributed by atoms with Crippen molar-refractivity contribution in [1.29, 1.82) is 0 Å². The van der Waals surface area contributed by atoms with Gasteiger partial charge in [-0.1, -0.05) is 36.4 Å². The van der Waals surface area contributed by atoms with E-state index in [9.17, 15) is 22.8 Å². The molecule has 0 bridgehead atoms. The van der Waals surface area contributed by atoms with Crippen molar-refractivity contribution in [1.82, 2.24) is 4.90 Å². The quantitative estimate of drug-likeness (QED) is 0.860. The average molecular weight is 376 g/mol. The lowest BCUT2D eigenvalue weighted by atomic mass is 10.0. The molecule has 2 amide bonds. The molecule has 1 unspecified atom stereocenters. The number of piperidine rings is 1. The summed E-state index contributed by atoms with van der Waals surface area (Å²) in [6.45, 7) is 0.439. The Morgan fingerprint density at radius 2 is 1.78 bits per heavy atom. The Bertz CT molecular complexity index is 821. The zero-order chi connectivity index (χ0) is 19.4. The number of hydrogen-bond acceptors (Lipinski definition) is 2. The van der Waals surface area contributed by atoms with Crippen LogP contribution < -0.4 is 5.32 Å². The molecule has 2 aromatic rings. The van der Waals surface area contributed by atoms with Gasteiger partial charge in [0.25, 0.3) is 5.91 Å². The molecule has 0 spiro atoms. The highest BCUT2D eigenvalue weighted by Crippen LogP contribution is 2.32. The fourth-order valence-corrected chi connectivity index (χ4v) is 3.19. The number of carbonyl (C=O) groups is 2. The molecule has 1 heterocycles. The van der Waals surface area contributed by atoms with Gasteiger partial charge >= 0.3 is 6.18 Å². The van der Waals surface area contributed by atoms with Crippen molar-refractivity contribution in [3.05, 3.63) is 65.7 Å². The molecular weight excluding hydrogens is 357 g/mol. The van der Waals surface area contributed by atoms with Gasteiger partial charge in [-0.2, -0.15) is 13.2 Å². The smallest absolute Gasteiger partial charge is 0.327 e. The van der Waals surface area contributed by atoms with Crippen LogP contribution in [0.5, 0.6) is 0 Å². The van der Waals surface area contributed by atoms with E-state index in [1.165, 1.54) is 17.0 Å². The van der Waals surface area contributed by atoms with Crippen molar-refractivity contribution in [3.8, 4) is 0 Å². The molecule has 0 saturated carbocycles. The molecule has 1 saturated heterocycles. The third kappa shape index (κ3) is 4.48. The summed E-state index contributed by atoms with van der Waals surface area (Å²) in [6, 6.07) is 12.4. The Morgan fingerprint density at radius 1 is 1.04 bits per heavy atom. The predicted octanol–water partition coefficient (Wildman–Crippen LogP) is 4.40. The number of likely N-dealkylation sites (tertiary alicyclic amines) is 1. The summed E-state index contributed by atoms with van der Waals surface area (Å²) in [6.07, 6.45) is -2.58. The second-order valence-electron chi connectivity index (χ2n) is 6.43. The molecule has 1 aliphatic rings. The maximum atomic E-state index is 12.9. The van der Waals surface area contributed by atoms with Crippen molar-refractivity contribution in [2.24, 2.45) is 0 Å². The lowest BCUT2D eigenvalue weighted by Gasteiger charge is -2.34. The van der Waals surface area contributed by atoms with Crippen molar-refractivity contribution < 1.29 is 22.8 Å². The highest BCUT2D eigenvalue weighted by Gasteiger charge is 2.34. The maximum absolute atomic E-state index is 12.9. The summed E-state index contributed by atoms with van der Waals surface area (Å²) in [4.78, 5) is 26.8. The number of anilines is 1. The summed E-state index contributed by atoms with van der Waals surface area (Å²) in [5.74, 6) is -0.662. The molecule has 1 atom stereocenters. The van der Waals surface area contributed by atoms with Gasteiger partial charge in [-0.3, -0.25) is 9.59 Å². The molecule has 2 aromatic carbocycles. The number of hydrogen-bond donors (Lipinski definition) is 1. The van der Waals surface area contributed by atoms with E-state index in [-0.39, 0.29) is 11.6 Å². The monoisotopic (exact) mass is 376 g/mol. The minimum Gasteiger partial charge on any atom is -0.327 e.